The summed E-state index contributed by atoms with van der Waals surface area (Å²) < 4.78 is 0.934. The van der Waals surface area contributed by atoms with Gasteiger partial charge in [0.1, 0.15) is 5.65 Å². The fourth-order valence-corrected chi connectivity index (χ4v) is 2.66. The van der Waals surface area contributed by atoms with E-state index in [1.54, 1.807) is 6.20 Å². The molecule has 108 valence electrons. The first-order chi connectivity index (χ1) is 10.2. The van der Waals surface area contributed by atoms with Crippen molar-refractivity contribution in [2.75, 3.05) is 5.73 Å². The average Bonchev–Trinajstić information content (AvgIpc) is 2.87. The van der Waals surface area contributed by atoms with Crippen molar-refractivity contribution in [3.05, 3.63) is 34.7 Å². The van der Waals surface area contributed by atoms with Crippen molar-refractivity contribution in [2.45, 2.75) is 26.2 Å². The van der Waals surface area contributed by atoms with Crippen LogP contribution in [0, 0.1) is 0 Å². The molecule has 0 aliphatic heterocycles. The molecular weight excluding hydrogens is 330 g/mol. The van der Waals surface area contributed by atoms with E-state index in [2.05, 4.69) is 42.8 Å². The predicted octanol–water partition coefficient (Wildman–Crippen LogP) is 3.71. The van der Waals surface area contributed by atoms with Crippen LogP contribution in [0.25, 0.3) is 22.3 Å². The minimum Gasteiger partial charge on any atom is -0.368 e. The van der Waals surface area contributed by atoms with Gasteiger partial charge in [-0.1, -0.05) is 13.3 Å². The summed E-state index contributed by atoms with van der Waals surface area (Å²) in [5.41, 5.74) is 9.50. The second-order valence-corrected chi connectivity index (χ2v) is 5.87. The Morgan fingerprint density at radius 1 is 1.29 bits per heavy atom. The molecule has 0 saturated carbocycles. The number of aromatic nitrogens is 4. The normalized spacial score (nSPS) is 11.1. The quantitative estimate of drug-likeness (QED) is 0.755. The molecule has 3 rings (SSSR count). The van der Waals surface area contributed by atoms with Gasteiger partial charge in [-0.2, -0.15) is 0 Å². The number of hydrogen-bond acceptors (Lipinski definition) is 4. The van der Waals surface area contributed by atoms with Gasteiger partial charge in [0.2, 0.25) is 5.95 Å². The van der Waals surface area contributed by atoms with Crippen molar-refractivity contribution >= 4 is 32.9 Å². The van der Waals surface area contributed by atoms with E-state index in [1.165, 1.54) is 0 Å². The lowest BCUT2D eigenvalue weighted by molar-refractivity contribution is 0.775. The zero-order valence-electron chi connectivity index (χ0n) is 11.7. The highest BCUT2D eigenvalue weighted by atomic mass is 79.9. The highest BCUT2D eigenvalue weighted by Gasteiger charge is 2.11. The third kappa shape index (κ3) is 2.90. The largest absolute Gasteiger partial charge is 0.368 e. The maximum absolute atomic E-state index is 5.85. The second-order valence-electron chi connectivity index (χ2n) is 4.96. The zero-order chi connectivity index (χ0) is 14.8. The lowest BCUT2D eigenvalue weighted by Gasteiger charge is -2.05. The van der Waals surface area contributed by atoms with Crippen LogP contribution in [0.5, 0.6) is 0 Å². The van der Waals surface area contributed by atoms with Gasteiger partial charge in [-0.3, -0.25) is 0 Å². The van der Waals surface area contributed by atoms with Crippen molar-refractivity contribution in [2.24, 2.45) is 0 Å². The summed E-state index contributed by atoms with van der Waals surface area (Å²) in [6, 6.07) is 4.04. The number of aryl methyl sites for hydroxylation is 1. The van der Waals surface area contributed by atoms with Crippen LogP contribution in [0.3, 0.4) is 0 Å². The summed E-state index contributed by atoms with van der Waals surface area (Å²) in [5, 5.41) is 1.02. The number of pyridine rings is 1. The monoisotopic (exact) mass is 345 g/mol. The SMILES string of the molecule is CCCCc1cc(-c2c[nH]c3ncc(Br)cc23)nc(N)n1. The summed E-state index contributed by atoms with van der Waals surface area (Å²) in [4.78, 5) is 16.2. The summed E-state index contributed by atoms with van der Waals surface area (Å²) in [5.74, 6) is 0.316. The van der Waals surface area contributed by atoms with Crippen LogP contribution in [0.15, 0.2) is 29.0 Å². The standard InChI is InChI=1S/C15H16BrN5/c1-2-3-4-10-6-13(21-15(17)20-10)12-8-19-14-11(12)5-9(16)7-18-14/h5-8H,2-4H2,1H3,(H,18,19)(H2,17,20,21). The molecule has 6 heteroatoms. The van der Waals surface area contributed by atoms with Gasteiger partial charge < -0.3 is 10.7 Å². The molecule has 0 saturated heterocycles. The van der Waals surface area contributed by atoms with Crippen LogP contribution in [-0.2, 0) is 6.42 Å². The number of halogens is 1. The van der Waals surface area contributed by atoms with Gasteiger partial charge in [-0.05, 0) is 40.9 Å². The fraction of sp³-hybridized carbons (Fsp3) is 0.267. The third-order valence-corrected chi connectivity index (χ3v) is 3.79. The van der Waals surface area contributed by atoms with Crippen LogP contribution >= 0.6 is 15.9 Å². The van der Waals surface area contributed by atoms with Gasteiger partial charge >= 0.3 is 0 Å². The van der Waals surface area contributed by atoms with Gasteiger partial charge in [0.05, 0.1) is 5.69 Å². The number of rotatable bonds is 4. The Bertz CT molecular complexity index is 781. The minimum atomic E-state index is 0.316. The van der Waals surface area contributed by atoms with E-state index >= 15 is 0 Å². The molecule has 0 bridgehead atoms. The molecule has 0 aromatic carbocycles. The summed E-state index contributed by atoms with van der Waals surface area (Å²) in [6.45, 7) is 2.16. The van der Waals surface area contributed by atoms with Crippen molar-refractivity contribution < 1.29 is 0 Å². The van der Waals surface area contributed by atoms with Gasteiger partial charge in [0.25, 0.3) is 0 Å². The smallest absolute Gasteiger partial charge is 0.220 e. The molecule has 3 aromatic rings. The molecule has 0 aliphatic rings. The Kier molecular flexibility index (Phi) is 3.88. The summed E-state index contributed by atoms with van der Waals surface area (Å²) >= 11 is 3.45. The Morgan fingerprint density at radius 2 is 2.14 bits per heavy atom. The molecule has 0 amide bonds. The highest BCUT2D eigenvalue weighted by Crippen LogP contribution is 2.29. The first-order valence-electron chi connectivity index (χ1n) is 6.94. The van der Waals surface area contributed by atoms with Gasteiger partial charge in [-0.15, -0.1) is 0 Å². The van der Waals surface area contributed by atoms with E-state index in [0.29, 0.717) is 5.95 Å². The van der Waals surface area contributed by atoms with Crippen LogP contribution in [0.1, 0.15) is 25.5 Å². The lowest BCUT2D eigenvalue weighted by Crippen LogP contribution is -2.01. The molecule has 5 nitrogen and oxygen atoms in total. The number of nitrogens with one attached hydrogen (secondary N) is 1. The maximum atomic E-state index is 5.85. The van der Waals surface area contributed by atoms with Gasteiger partial charge in [-0.25, -0.2) is 15.0 Å². The molecule has 21 heavy (non-hydrogen) atoms. The molecular formula is C15H16BrN5. The van der Waals surface area contributed by atoms with E-state index in [0.717, 1.165) is 51.7 Å². The number of hydrogen-bond donors (Lipinski definition) is 2. The van der Waals surface area contributed by atoms with Crippen molar-refractivity contribution in [3.63, 3.8) is 0 Å². The fourth-order valence-electron chi connectivity index (χ4n) is 2.33. The number of nitrogens with two attached hydrogens (primary N) is 1. The number of H-pyrrole nitrogens is 1. The number of anilines is 1. The molecule has 0 spiro atoms. The molecule has 3 aromatic heterocycles. The van der Waals surface area contributed by atoms with Crippen molar-refractivity contribution in [3.8, 4) is 11.3 Å². The predicted molar refractivity (Wildman–Crippen MR) is 87.8 cm³/mol. The molecule has 3 N–H and O–H groups in total. The lowest BCUT2D eigenvalue weighted by atomic mass is 10.1. The Balaban J connectivity index is 2.09. The van der Waals surface area contributed by atoms with Crippen LogP contribution in [0.4, 0.5) is 5.95 Å². The van der Waals surface area contributed by atoms with E-state index in [9.17, 15) is 0 Å². The minimum absolute atomic E-state index is 0.316. The Morgan fingerprint density at radius 3 is 2.95 bits per heavy atom. The van der Waals surface area contributed by atoms with E-state index in [-0.39, 0.29) is 0 Å². The maximum Gasteiger partial charge on any atom is 0.220 e. The first-order valence-corrected chi connectivity index (χ1v) is 7.73. The van der Waals surface area contributed by atoms with E-state index in [4.69, 9.17) is 5.73 Å². The molecule has 0 fully saturated rings. The molecule has 0 atom stereocenters. The number of nitrogen functional groups attached to an aromatic ring is 1. The second kappa shape index (κ2) is 5.81. The zero-order valence-corrected chi connectivity index (χ0v) is 13.3. The van der Waals surface area contributed by atoms with E-state index < -0.39 is 0 Å². The van der Waals surface area contributed by atoms with Crippen molar-refractivity contribution in [1.29, 1.82) is 0 Å². The van der Waals surface area contributed by atoms with Crippen LogP contribution in [0.2, 0.25) is 0 Å². The number of fused-ring (bicyclic) bond motifs is 1. The molecule has 0 aliphatic carbocycles. The number of nitrogens with zero attached hydrogens (tertiary/aromatic N) is 3. The van der Waals surface area contributed by atoms with Crippen molar-refractivity contribution in [1.82, 2.24) is 19.9 Å². The Hall–Kier alpha value is -1.95. The third-order valence-electron chi connectivity index (χ3n) is 3.36. The summed E-state index contributed by atoms with van der Waals surface area (Å²) in [6.07, 6.45) is 6.82. The Labute approximate surface area is 131 Å². The average molecular weight is 346 g/mol. The topological polar surface area (TPSA) is 80.5 Å². The molecule has 0 radical (unpaired) electrons. The van der Waals surface area contributed by atoms with Gasteiger partial charge in [0.15, 0.2) is 0 Å². The number of aromatic amines is 1. The highest BCUT2D eigenvalue weighted by molar-refractivity contribution is 9.10. The molecule has 0 unspecified atom stereocenters. The first kappa shape index (κ1) is 14.0. The van der Waals surface area contributed by atoms with Gasteiger partial charge in [0, 0.05) is 33.5 Å². The van der Waals surface area contributed by atoms with Crippen LogP contribution < -0.4 is 5.73 Å². The summed E-state index contributed by atoms with van der Waals surface area (Å²) in [7, 11) is 0. The number of unbranched alkanes of at least 4 members (excludes halogenated alkanes) is 1. The van der Waals surface area contributed by atoms with Crippen LogP contribution in [-0.4, -0.2) is 19.9 Å². The van der Waals surface area contributed by atoms with E-state index in [1.807, 2.05) is 18.3 Å². The molecule has 3 heterocycles.